The first-order valence-electron chi connectivity index (χ1n) is 6.80. The minimum Gasteiger partial charge on any atom is -0.449 e. The summed E-state index contributed by atoms with van der Waals surface area (Å²) in [5.41, 5.74) is 1.51. The molecule has 0 aliphatic rings. The van der Waals surface area contributed by atoms with E-state index in [9.17, 15) is 9.59 Å². The molecule has 0 saturated heterocycles. The molecular formula is C15H21ClN2O3. The average molecular weight is 313 g/mol. The van der Waals surface area contributed by atoms with Gasteiger partial charge in [-0.2, -0.15) is 0 Å². The Labute approximate surface area is 130 Å². The summed E-state index contributed by atoms with van der Waals surface area (Å²) in [6.07, 6.45) is -0.603. The van der Waals surface area contributed by atoms with Gasteiger partial charge >= 0.3 is 6.09 Å². The molecule has 2 amide bonds. The van der Waals surface area contributed by atoms with Gasteiger partial charge in [0.25, 0.3) is 0 Å². The van der Waals surface area contributed by atoms with Crippen LogP contribution in [0.3, 0.4) is 0 Å². The number of carbonyl (C=O) groups excluding carboxylic acids is 2. The van der Waals surface area contributed by atoms with E-state index in [4.69, 9.17) is 16.3 Å². The van der Waals surface area contributed by atoms with Crippen molar-refractivity contribution in [3.05, 3.63) is 28.8 Å². The fourth-order valence-corrected chi connectivity index (χ4v) is 1.67. The molecule has 0 aliphatic heterocycles. The number of anilines is 1. The van der Waals surface area contributed by atoms with E-state index in [0.717, 1.165) is 5.56 Å². The first kappa shape index (κ1) is 17.3. The Balaban J connectivity index is 2.54. The topological polar surface area (TPSA) is 67.4 Å². The van der Waals surface area contributed by atoms with E-state index < -0.39 is 12.1 Å². The van der Waals surface area contributed by atoms with Gasteiger partial charge in [0.1, 0.15) is 6.04 Å². The average Bonchev–Trinajstić information content (AvgIpc) is 2.40. The third kappa shape index (κ3) is 6.04. The third-order valence-corrected chi connectivity index (χ3v) is 2.97. The van der Waals surface area contributed by atoms with Crippen LogP contribution in [0.2, 0.25) is 5.02 Å². The number of rotatable bonds is 5. The summed E-state index contributed by atoms with van der Waals surface area (Å²) in [6.45, 7) is 7.64. The van der Waals surface area contributed by atoms with Crippen LogP contribution in [0.5, 0.6) is 0 Å². The maximum Gasteiger partial charge on any atom is 0.407 e. The minimum absolute atomic E-state index is 0.244. The summed E-state index contributed by atoms with van der Waals surface area (Å²) in [5.74, 6) is -0.0872. The SMILES string of the molecule is Cc1ccc(Cl)cc1NC(=O)[C@H](C)NC(=O)OCC(C)C. The molecule has 0 heterocycles. The molecule has 0 bridgehead atoms. The predicted octanol–water partition coefficient (Wildman–Crippen LogP) is 3.36. The van der Waals surface area contributed by atoms with Crippen molar-refractivity contribution in [3.8, 4) is 0 Å². The van der Waals surface area contributed by atoms with Crippen molar-refractivity contribution in [2.75, 3.05) is 11.9 Å². The molecule has 21 heavy (non-hydrogen) atoms. The van der Waals surface area contributed by atoms with Crippen molar-refractivity contribution in [3.63, 3.8) is 0 Å². The van der Waals surface area contributed by atoms with Crippen LogP contribution in [0.1, 0.15) is 26.3 Å². The van der Waals surface area contributed by atoms with Crippen LogP contribution in [0.15, 0.2) is 18.2 Å². The first-order valence-corrected chi connectivity index (χ1v) is 7.17. The van der Waals surface area contributed by atoms with Crippen molar-refractivity contribution in [2.24, 2.45) is 5.92 Å². The summed E-state index contributed by atoms with van der Waals surface area (Å²) in [4.78, 5) is 23.5. The molecule has 0 aliphatic carbocycles. The lowest BCUT2D eigenvalue weighted by molar-refractivity contribution is -0.117. The number of hydrogen-bond donors (Lipinski definition) is 2. The Bertz CT molecular complexity index is 518. The molecule has 6 heteroatoms. The van der Waals surface area contributed by atoms with Crippen LogP contribution >= 0.6 is 11.6 Å². The van der Waals surface area contributed by atoms with E-state index in [1.807, 2.05) is 26.8 Å². The summed E-state index contributed by atoms with van der Waals surface area (Å²) < 4.78 is 4.97. The number of carbonyl (C=O) groups is 2. The second-order valence-electron chi connectivity index (χ2n) is 5.31. The summed E-state index contributed by atoms with van der Waals surface area (Å²) in [5, 5.41) is 5.75. The summed E-state index contributed by atoms with van der Waals surface area (Å²) >= 11 is 5.89. The zero-order chi connectivity index (χ0) is 16.0. The quantitative estimate of drug-likeness (QED) is 0.876. The van der Waals surface area contributed by atoms with Crippen molar-refractivity contribution in [1.82, 2.24) is 5.32 Å². The summed E-state index contributed by atoms with van der Waals surface area (Å²) in [7, 11) is 0. The normalized spacial score (nSPS) is 11.9. The largest absolute Gasteiger partial charge is 0.449 e. The zero-order valence-corrected chi connectivity index (χ0v) is 13.5. The first-order chi connectivity index (χ1) is 9.79. The molecule has 0 unspecified atom stereocenters. The molecule has 0 fully saturated rings. The highest BCUT2D eigenvalue weighted by atomic mass is 35.5. The number of nitrogens with one attached hydrogen (secondary N) is 2. The molecule has 116 valence electrons. The maximum atomic E-state index is 12.0. The van der Waals surface area contributed by atoms with Gasteiger partial charge in [0.2, 0.25) is 5.91 Å². The lowest BCUT2D eigenvalue weighted by atomic mass is 10.2. The van der Waals surface area contributed by atoms with Gasteiger partial charge in [-0.15, -0.1) is 0 Å². The van der Waals surface area contributed by atoms with Gasteiger partial charge in [0, 0.05) is 10.7 Å². The molecule has 0 spiro atoms. The molecule has 5 nitrogen and oxygen atoms in total. The van der Waals surface area contributed by atoms with Gasteiger partial charge in [-0.3, -0.25) is 4.79 Å². The number of amides is 2. The van der Waals surface area contributed by atoms with E-state index in [2.05, 4.69) is 10.6 Å². The minimum atomic E-state index is -0.706. The molecule has 1 atom stereocenters. The van der Waals surface area contributed by atoms with E-state index in [0.29, 0.717) is 17.3 Å². The molecule has 0 saturated carbocycles. The Hall–Kier alpha value is -1.75. The fraction of sp³-hybridized carbons (Fsp3) is 0.467. The second-order valence-corrected chi connectivity index (χ2v) is 5.74. The third-order valence-electron chi connectivity index (χ3n) is 2.73. The number of benzene rings is 1. The van der Waals surface area contributed by atoms with Gasteiger partial charge < -0.3 is 15.4 Å². The van der Waals surface area contributed by atoms with E-state index >= 15 is 0 Å². The van der Waals surface area contributed by atoms with E-state index in [1.54, 1.807) is 19.1 Å². The molecule has 0 radical (unpaired) electrons. The Morgan fingerprint density at radius 1 is 1.29 bits per heavy atom. The lowest BCUT2D eigenvalue weighted by Gasteiger charge is -2.16. The highest BCUT2D eigenvalue weighted by Gasteiger charge is 2.17. The number of ether oxygens (including phenoxy) is 1. The number of halogens is 1. The Morgan fingerprint density at radius 3 is 2.57 bits per heavy atom. The number of alkyl carbamates (subject to hydrolysis) is 1. The Kier molecular flexibility index (Phi) is 6.49. The molecule has 0 aromatic heterocycles. The van der Waals surface area contributed by atoms with Gasteiger partial charge in [0.15, 0.2) is 0 Å². The highest BCUT2D eigenvalue weighted by Crippen LogP contribution is 2.20. The Morgan fingerprint density at radius 2 is 1.95 bits per heavy atom. The smallest absolute Gasteiger partial charge is 0.407 e. The van der Waals surface area contributed by atoms with Gasteiger partial charge in [0.05, 0.1) is 6.61 Å². The predicted molar refractivity (Wildman–Crippen MR) is 83.6 cm³/mol. The molecular weight excluding hydrogens is 292 g/mol. The van der Waals surface area contributed by atoms with E-state index in [1.165, 1.54) is 0 Å². The fourth-order valence-electron chi connectivity index (χ4n) is 1.50. The van der Waals surface area contributed by atoms with Crippen LogP contribution in [-0.2, 0) is 9.53 Å². The van der Waals surface area contributed by atoms with Gasteiger partial charge in [-0.25, -0.2) is 4.79 Å². The van der Waals surface area contributed by atoms with Crippen molar-refractivity contribution in [1.29, 1.82) is 0 Å². The zero-order valence-electron chi connectivity index (χ0n) is 12.7. The van der Waals surface area contributed by atoms with Crippen molar-refractivity contribution < 1.29 is 14.3 Å². The molecule has 1 rings (SSSR count). The highest BCUT2D eigenvalue weighted by molar-refractivity contribution is 6.31. The summed E-state index contributed by atoms with van der Waals surface area (Å²) in [6, 6.07) is 4.52. The van der Waals surface area contributed by atoms with E-state index in [-0.39, 0.29) is 11.8 Å². The monoisotopic (exact) mass is 312 g/mol. The van der Waals surface area contributed by atoms with Gasteiger partial charge in [-0.1, -0.05) is 31.5 Å². The second kappa shape index (κ2) is 7.88. The maximum absolute atomic E-state index is 12.0. The van der Waals surface area contributed by atoms with Crippen LogP contribution < -0.4 is 10.6 Å². The molecule has 2 N–H and O–H groups in total. The van der Waals surface area contributed by atoms with Gasteiger partial charge in [-0.05, 0) is 37.5 Å². The lowest BCUT2D eigenvalue weighted by Crippen LogP contribution is -2.42. The number of aryl methyl sites for hydroxylation is 1. The standard InChI is InChI=1S/C15H21ClN2O3/c1-9(2)8-21-15(20)17-11(4)14(19)18-13-7-12(16)6-5-10(13)3/h5-7,9,11H,8H2,1-4H3,(H,17,20)(H,18,19)/t11-/m0/s1. The van der Waals surface area contributed by atoms with Crippen LogP contribution in [0.4, 0.5) is 10.5 Å². The van der Waals surface area contributed by atoms with Crippen molar-refractivity contribution >= 4 is 29.3 Å². The van der Waals surface area contributed by atoms with Crippen LogP contribution in [0.25, 0.3) is 0 Å². The van der Waals surface area contributed by atoms with Crippen LogP contribution in [0, 0.1) is 12.8 Å². The number of hydrogen-bond acceptors (Lipinski definition) is 3. The van der Waals surface area contributed by atoms with Crippen molar-refractivity contribution in [2.45, 2.75) is 33.7 Å². The van der Waals surface area contributed by atoms with Crippen LogP contribution in [-0.4, -0.2) is 24.6 Å². The molecule has 1 aromatic rings. The molecule has 1 aromatic carbocycles.